The number of amides is 1. The minimum Gasteiger partial charge on any atom is -0.497 e. The van der Waals surface area contributed by atoms with Gasteiger partial charge in [-0.3, -0.25) is 4.79 Å². The molecule has 0 unspecified atom stereocenters. The number of hydrogen-bond donors (Lipinski definition) is 1. The van der Waals surface area contributed by atoms with Crippen molar-refractivity contribution in [1.29, 1.82) is 0 Å². The van der Waals surface area contributed by atoms with Crippen molar-refractivity contribution in [2.45, 2.75) is 13.2 Å². The second-order valence-electron chi connectivity index (χ2n) is 6.74. The highest BCUT2D eigenvalue weighted by molar-refractivity contribution is 6.35. The molecule has 0 atom stereocenters. The van der Waals surface area contributed by atoms with E-state index < -0.39 is 0 Å². The van der Waals surface area contributed by atoms with Crippen LogP contribution >= 0.6 is 23.2 Å². The topological polar surface area (TPSA) is 65.4 Å². The first-order valence-corrected chi connectivity index (χ1v) is 10.2. The van der Waals surface area contributed by atoms with Gasteiger partial charge >= 0.3 is 0 Å². The normalized spacial score (nSPS) is 10.8. The van der Waals surface area contributed by atoms with Crippen LogP contribution in [0.5, 0.6) is 11.5 Å². The number of imidazole rings is 1. The number of carbonyl (C=O) groups excluding carboxylic acids is 1. The number of methoxy groups -OCH3 is 1. The summed E-state index contributed by atoms with van der Waals surface area (Å²) in [7, 11) is 1.60. The Morgan fingerprint density at radius 1 is 1.06 bits per heavy atom. The molecular weight excluding hydrogens is 437 g/mol. The lowest BCUT2D eigenvalue weighted by atomic mass is 10.3. The number of nitrogens with zero attached hydrogens (tertiary/aromatic N) is 2. The number of benzene rings is 3. The van der Waals surface area contributed by atoms with Crippen LogP contribution in [0.4, 0.5) is 5.69 Å². The lowest BCUT2D eigenvalue weighted by molar-refractivity contribution is -0.116. The molecule has 0 bridgehead atoms. The molecule has 31 heavy (non-hydrogen) atoms. The van der Waals surface area contributed by atoms with Crippen LogP contribution < -0.4 is 14.8 Å². The van der Waals surface area contributed by atoms with Gasteiger partial charge in [0.15, 0.2) is 0 Å². The number of para-hydroxylation sites is 2. The van der Waals surface area contributed by atoms with Gasteiger partial charge in [-0.25, -0.2) is 4.98 Å². The summed E-state index contributed by atoms with van der Waals surface area (Å²) in [6, 6.07) is 19.8. The van der Waals surface area contributed by atoms with Gasteiger partial charge in [0.05, 0.1) is 23.2 Å². The Hall–Kier alpha value is -3.22. The van der Waals surface area contributed by atoms with Crippen LogP contribution in [0, 0.1) is 0 Å². The van der Waals surface area contributed by atoms with E-state index in [1.807, 2.05) is 28.8 Å². The standard InChI is InChI=1S/C23H19Cl2N3O3/c1-30-17-9-7-16(8-10-17)26-23(29)13-28-20-5-3-2-4-19(20)27-22(28)14-31-21-11-6-15(24)12-18(21)25/h2-12H,13-14H2,1H3,(H,26,29). The lowest BCUT2D eigenvalue weighted by Crippen LogP contribution is -2.20. The molecule has 1 amide bonds. The van der Waals surface area contributed by atoms with Crippen molar-refractivity contribution in [1.82, 2.24) is 9.55 Å². The fourth-order valence-electron chi connectivity index (χ4n) is 3.17. The van der Waals surface area contributed by atoms with Crippen molar-refractivity contribution in [2.24, 2.45) is 0 Å². The van der Waals surface area contributed by atoms with E-state index in [1.165, 1.54) is 0 Å². The molecule has 0 aliphatic rings. The zero-order valence-corrected chi connectivity index (χ0v) is 18.2. The number of halogens is 2. The van der Waals surface area contributed by atoms with Crippen molar-refractivity contribution < 1.29 is 14.3 Å². The second kappa shape index (κ2) is 9.29. The molecule has 0 aliphatic carbocycles. The lowest BCUT2D eigenvalue weighted by Gasteiger charge is -2.12. The van der Waals surface area contributed by atoms with E-state index >= 15 is 0 Å². The first-order chi connectivity index (χ1) is 15.0. The van der Waals surface area contributed by atoms with Crippen LogP contribution in [-0.2, 0) is 17.9 Å². The maximum absolute atomic E-state index is 12.7. The van der Waals surface area contributed by atoms with E-state index in [-0.39, 0.29) is 19.1 Å². The molecule has 0 fully saturated rings. The molecule has 8 heteroatoms. The van der Waals surface area contributed by atoms with E-state index in [1.54, 1.807) is 49.6 Å². The van der Waals surface area contributed by atoms with E-state index in [9.17, 15) is 4.79 Å². The minimum atomic E-state index is -0.181. The number of fused-ring (bicyclic) bond motifs is 1. The molecule has 0 radical (unpaired) electrons. The summed E-state index contributed by atoms with van der Waals surface area (Å²) in [4.78, 5) is 17.4. The zero-order chi connectivity index (χ0) is 21.8. The van der Waals surface area contributed by atoms with Crippen molar-refractivity contribution in [3.05, 3.63) is 82.6 Å². The van der Waals surface area contributed by atoms with Gasteiger partial charge in [-0.2, -0.15) is 0 Å². The molecule has 1 aromatic heterocycles. The number of anilines is 1. The highest BCUT2D eigenvalue weighted by atomic mass is 35.5. The molecular formula is C23H19Cl2N3O3. The van der Waals surface area contributed by atoms with Gasteiger partial charge in [0, 0.05) is 10.7 Å². The van der Waals surface area contributed by atoms with Gasteiger partial charge in [-0.1, -0.05) is 35.3 Å². The van der Waals surface area contributed by atoms with Crippen LogP contribution in [0.25, 0.3) is 11.0 Å². The summed E-state index contributed by atoms with van der Waals surface area (Å²) in [5.74, 6) is 1.64. The Morgan fingerprint density at radius 2 is 1.84 bits per heavy atom. The number of nitrogens with one attached hydrogen (secondary N) is 1. The van der Waals surface area contributed by atoms with Crippen molar-refractivity contribution >= 4 is 45.8 Å². The van der Waals surface area contributed by atoms with Crippen LogP contribution in [-0.4, -0.2) is 22.6 Å². The average molecular weight is 456 g/mol. The number of rotatable bonds is 7. The molecule has 4 rings (SSSR count). The SMILES string of the molecule is COc1ccc(NC(=O)Cn2c(COc3ccc(Cl)cc3Cl)nc3ccccc32)cc1. The predicted octanol–water partition coefficient (Wildman–Crippen LogP) is 5.57. The van der Waals surface area contributed by atoms with Gasteiger partial charge in [-0.05, 0) is 54.6 Å². The average Bonchev–Trinajstić information content (AvgIpc) is 3.11. The van der Waals surface area contributed by atoms with Gasteiger partial charge in [0.25, 0.3) is 0 Å². The number of hydrogen-bond acceptors (Lipinski definition) is 4. The molecule has 1 heterocycles. The third-order valence-electron chi connectivity index (χ3n) is 4.66. The summed E-state index contributed by atoms with van der Waals surface area (Å²) in [6.07, 6.45) is 0. The van der Waals surface area contributed by atoms with Crippen molar-refractivity contribution in [3.63, 3.8) is 0 Å². The first-order valence-electron chi connectivity index (χ1n) is 9.49. The van der Waals surface area contributed by atoms with Gasteiger partial charge < -0.3 is 19.4 Å². The Labute approximate surface area is 189 Å². The number of aromatic nitrogens is 2. The van der Waals surface area contributed by atoms with Gasteiger partial charge in [0.1, 0.15) is 30.5 Å². The summed E-state index contributed by atoms with van der Waals surface area (Å²) >= 11 is 12.1. The maximum atomic E-state index is 12.7. The van der Waals surface area contributed by atoms with Crippen LogP contribution in [0.15, 0.2) is 66.7 Å². The molecule has 4 aromatic rings. The molecule has 0 saturated carbocycles. The monoisotopic (exact) mass is 455 g/mol. The molecule has 158 valence electrons. The third-order valence-corrected chi connectivity index (χ3v) is 5.19. The van der Waals surface area contributed by atoms with Crippen molar-refractivity contribution in [3.8, 4) is 11.5 Å². The third kappa shape index (κ3) is 4.93. The zero-order valence-electron chi connectivity index (χ0n) is 16.6. The van der Waals surface area contributed by atoms with Crippen LogP contribution in [0.2, 0.25) is 10.0 Å². The Bertz CT molecular complexity index is 1220. The summed E-state index contributed by atoms with van der Waals surface area (Å²) < 4.78 is 12.8. The largest absolute Gasteiger partial charge is 0.497 e. The molecule has 0 spiro atoms. The molecule has 6 nitrogen and oxygen atoms in total. The van der Waals surface area contributed by atoms with E-state index in [0.717, 1.165) is 16.8 Å². The minimum absolute atomic E-state index is 0.0829. The van der Waals surface area contributed by atoms with E-state index in [4.69, 9.17) is 32.7 Å². The molecule has 0 saturated heterocycles. The first kappa shape index (κ1) is 21.0. The smallest absolute Gasteiger partial charge is 0.244 e. The Morgan fingerprint density at radius 3 is 2.58 bits per heavy atom. The van der Waals surface area contributed by atoms with Gasteiger partial charge in [-0.15, -0.1) is 0 Å². The van der Waals surface area contributed by atoms with Crippen LogP contribution in [0.1, 0.15) is 5.82 Å². The fourth-order valence-corrected chi connectivity index (χ4v) is 3.63. The quantitative estimate of drug-likeness (QED) is 0.395. The highest BCUT2D eigenvalue weighted by Crippen LogP contribution is 2.28. The fraction of sp³-hybridized carbons (Fsp3) is 0.130. The molecule has 3 aromatic carbocycles. The van der Waals surface area contributed by atoms with Crippen molar-refractivity contribution in [2.75, 3.05) is 12.4 Å². The molecule has 1 N–H and O–H groups in total. The highest BCUT2D eigenvalue weighted by Gasteiger charge is 2.15. The Balaban J connectivity index is 1.54. The predicted molar refractivity (Wildman–Crippen MR) is 122 cm³/mol. The van der Waals surface area contributed by atoms with Gasteiger partial charge in [0.2, 0.25) is 5.91 Å². The molecule has 0 aliphatic heterocycles. The summed E-state index contributed by atoms with van der Waals surface area (Å²) in [6.45, 7) is 0.228. The maximum Gasteiger partial charge on any atom is 0.244 e. The van der Waals surface area contributed by atoms with E-state index in [0.29, 0.717) is 27.3 Å². The number of carbonyl (C=O) groups is 1. The van der Waals surface area contributed by atoms with E-state index in [2.05, 4.69) is 10.3 Å². The summed E-state index contributed by atoms with van der Waals surface area (Å²) in [5, 5.41) is 3.83. The number of ether oxygens (including phenoxy) is 2. The van der Waals surface area contributed by atoms with Crippen LogP contribution in [0.3, 0.4) is 0 Å². The second-order valence-corrected chi connectivity index (χ2v) is 7.59. The summed E-state index contributed by atoms with van der Waals surface area (Å²) in [5.41, 5.74) is 2.30. The Kier molecular flexibility index (Phi) is 6.30.